The van der Waals surface area contributed by atoms with E-state index in [-0.39, 0.29) is 77.7 Å². The lowest BCUT2D eigenvalue weighted by Gasteiger charge is -2.25. The van der Waals surface area contributed by atoms with Crippen LogP contribution in [0.4, 0.5) is 16.2 Å². The van der Waals surface area contributed by atoms with Gasteiger partial charge in [0.1, 0.15) is 17.8 Å². The minimum absolute atomic E-state index is 0.0284. The summed E-state index contributed by atoms with van der Waals surface area (Å²) in [6.07, 6.45) is 5.00. The molecule has 334 valence electrons. The summed E-state index contributed by atoms with van der Waals surface area (Å²) in [6, 6.07) is 8.37. The number of ether oxygens (including phenoxy) is 5. The minimum atomic E-state index is -0.786. The molecule has 3 aromatic rings. The fourth-order valence-electron chi connectivity index (χ4n) is 7.67. The molecule has 2 atom stereocenters. The van der Waals surface area contributed by atoms with Crippen LogP contribution in [-0.2, 0) is 16.0 Å². The predicted molar refractivity (Wildman–Crippen MR) is 235 cm³/mol. The number of hydrogen-bond acceptors (Lipinski definition) is 15. The number of aliphatic hydroxyl groups is 1. The number of amides is 3. The molecule has 0 bridgehead atoms. The Labute approximate surface area is 372 Å². The maximum absolute atomic E-state index is 14.0. The van der Waals surface area contributed by atoms with Gasteiger partial charge in [-0.1, -0.05) is 35.1 Å². The highest BCUT2D eigenvalue weighted by atomic mass is 33.1. The van der Waals surface area contributed by atoms with Gasteiger partial charge in [-0.15, -0.1) is 0 Å². The smallest absolute Gasteiger partial charge is 0.411 e. The van der Waals surface area contributed by atoms with Crippen LogP contribution in [-0.4, -0.2) is 119 Å². The molecule has 4 heterocycles. The number of methoxy groups -OCH3 is 2. The van der Waals surface area contributed by atoms with E-state index in [1.165, 1.54) is 65.1 Å². The van der Waals surface area contributed by atoms with Crippen molar-refractivity contribution < 1.29 is 52.9 Å². The fourth-order valence-corrected chi connectivity index (χ4v) is 10.3. The highest BCUT2D eigenvalue weighted by molar-refractivity contribution is 8.77. The summed E-state index contributed by atoms with van der Waals surface area (Å²) in [6.45, 7) is 9.00. The van der Waals surface area contributed by atoms with Crippen LogP contribution in [0.1, 0.15) is 71.2 Å². The molecule has 3 amide bonds. The zero-order valence-corrected chi connectivity index (χ0v) is 36.7. The zero-order valence-electron chi connectivity index (χ0n) is 35.1. The van der Waals surface area contributed by atoms with Crippen LogP contribution >= 0.6 is 21.6 Å². The minimum Gasteiger partial charge on any atom is -0.493 e. The van der Waals surface area contributed by atoms with E-state index in [1.807, 2.05) is 0 Å². The van der Waals surface area contributed by atoms with Gasteiger partial charge in [-0.05, 0) is 85.6 Å². The number of nitrogens with zero attached hydrogens (tertiary/aromatic N) is 4. The summed E-state index contributed by atoms with van der Waals surface area (Å²) < 4.78 is 28.7. The van der Waals surface area contributed by atoms with Crippen molar-refractivity contribution in [3.8, 4) is 23.0 Å². The second kappa shape index (κ2) is 19.7. The first-order valence-electron chi connectivity index (χ1n) is 20.5. The van der Waals surface area contributed by atoms with Crippen LogP contribution in [0.25, 0.3) is 0 Å². The maximum Gasteiger partial charge on any atom is 0.411 e. The molecule has 2 N–H and O–H groups in total. The van der Waals surface area contributed by atoms with Gasteiger partial charge in [0, 0.05) is 37.2 Å². The van der Waals surface area contributed by atoms with Crippen LogP contribution in [0.5, 0.6) is 23.0 Å². The van der Waals surface area contributed by atoms with Crippen molar-refractivity contribution in [2.75, 3.05) is 59.1 Å². The molecular weight excluding hydrogens is 855 g/mol. The van der Waals surface area contributed by atoms with Gasteiger partial charge in [0.25, 0.3) is 17.5 Å². The summed E-state index contributed by atoms with van der Waals surface area (Å²) in [5, 5.41) is 24.3. The van der Waals surface area contributed by atoms with Gasteiger partial charge >= 0.3 is 6.09 Å². The van der Waals surface area contributed by atoms with E-state index >= 15 is 0 Å². The molecule has 63 heavy (non-hydrogen) atoms. The van der Waals surface area contributed by atoms with Gasteiger partial charge in [0.15, 0.2) is 28.8 Å². The number of benzene rings is 2. The highest BCUT2D eigenvalue weighted by Gasteiger charge is 2.46. The molecule has 7 rings (SSSR count). The Morgan fingerprint density at radius 1 is 0.968 bits per heavy atom. The van der Waals surface area contributed by atoms with Crippen LogP contribution in [0.2, 0.25) is 0 Å². The first kappa shape index (κ1) is 45.2. The zero-order chi connectivity index (χ0) is 44.8. The van der Waals surface area contributed by atoms with E-state index in [9.17, 15) is 34.4 Å². The van der Waals surface area contributed by atoms with Gasteiger partial charge in [-0.25, -0.2) is 9.78 Å². The van der Waals surface area contributed by atoms with Crippen molar-refractivity contribution in [1.82, 2.24) is 14.8 Å². The number of hydrogen-bond donors (Lipinski definition) is 2. The number of carbonyl (C=O) groups excluding carboxylic acids is 4. The molecule has 0 spiro atoms. The van der Waals surface area contributed by atoms with Crippen molar-refractivity contribution in [3.05, 3.63) is 93.7 Å². The second-order valence-corrected chi connectivity index (χ2v) is 18.5. The Bertz CT molecular complexity index is 2300. The third kappa shape index (κ3) is 10.5. The lowest BCUT2D eigenvalue weighted by Crippen LogP contribution is -2.38. The third-order valence-electron chi connectivity index (χ3n) is 11.3. The summed E-state index contributed by atoms with van der Waals surface area (Å²) in [4.78, 5) is 71.5. The molecule has 0 radical (unpaired) electrons. The number of aromatic nitrogens is 1. The molecule has 2 aromatic carbocycles. The van der Waals surface area contributed by atoms with Gasteiger partial charge in [0.2, 0.25) is 0 Å². The van der Waals surface area contributed by atoms with Crippen molar-refractivity contribution in [2.24, 2.45) is 0 Å². The van der Waals surface area contributed by atoms with Crippen LogP contribution in [0, 0.1) is 10.1 Å². The number of Topliss-reactive ketones (excluding diaryl/α,β-unsaturated/α-hetero) is 1. The number of ketones is 1. The van der Waals surface area contributed by atoms with E-state index < -0.39 is 29.0 Å². The number of anilines is 1. The summed E-state index contributed by atoms with van der Waals surface area (Å²) in [5.41, 5.74) is 2.84. The molecule has 4 aliphatic rings. The van der Waals surface area contributed by atoms with Crippen molar-refractivity contribution in [3.63, 3.8) is 0 Å². The number of rotatable bonds is 19. The molecule has 1 saturated carbocycles. The molecule has 2 saturated heterocycles. The number of fused-ring (bicyclic) bond motifs is 2. The lowest BCUT2D eigenvalue weighted by molar-refractivity contribution is -0.385. The number of aliphatic hydroxyl groups excluding tert-OH is 1. The first-order chi connectivity index (χ1) is 30.3. The Balaban J connectivity index is 0.959. The Kier molecular flexibility index (Phi) is 14.2. The van der Waals surface area contributed by atoms with Crippen molar-refractivity contribution in [2.45, 2.75) is 73.2 Å². The predicted octanol–water partition coefficient (Wildman–Crippen LogP) is 6.82. The van der Waals surface area contributed by atoms with Gasteiger partial charge in [0.05, 0.1) is 67.0 Å². The maximum atomic E-state index is 14.0. The Hall–Kier alpha value is -5.79. The molecule has 0 unspecified atom stereocenters. The van der Waals surface area contributed by atoms with E-state index in [1.54, 1.807) is 23.1 Å². The monoisotopic (exact) mass is 903 g/mol. The van der Waals surface area contributed by atoms with Crippen molar-refractivity contribution in [1.29, 1.82) is 0 Å². The summed E-state index contributed by atoms with van der Waals surface area (Å²) >= 11 is 0. The van der Waals surface area contributed by atoms with Crippen LogP contribution < -0.4 is 24.3 Å². The molecule has 19 heteroatoms. The molecule has 17 nitrogen and oxygen atoms in total. The van der Waals surface area contributed by atoms with E-state index in [0.717, 1.165) is 24.0 Å². The van der Waals surface area contributed by atoms with Crippen LogP contribution in [0.3, 0.4) is 0 Å². The summed E-state index contributed by atoms with van der Waals surface area (Å²) in [7, 11) is 5.77. The Morgan fingerprint density at radius 3 is 2.32 bits per heavy atom. The van der Waals surface area contributed by atoms with Gasteiger partial charge in [-0.2, -0.15) is 0 Å². The number of nitro groups is 1. The number of nitrogens with one attached hydrogen (secondary N) is 1. The highest BCUT2D eigenvalue weighted by Crippen LogP contribution is 2.55. The SMILES string of the molecule is C=C1C[C@@H](CO)N(C(=O)c2cc(OC)c(OCCCCCOc3cc4c(cc3OC)C(=O)N3CC(=C)C[C@H]3C(=O)C4)cc2NC(=O)OCC2(SSc3ccc([N+](=O)[O-])cn3)CC2)C1. The number of pyridine rings is 1. The average molecular weight is 904 g/mol. The molecular formula is C44H49N5O12S2. The van der Waals surface area contributed by atoms with Gasteiger partial charge < -0.3 is 38.6 Å². The molecule has 3 aliphatic heterocycles. The molecule has 3 fully saturated rings. The van der Waals surface area contributed by atoms with E-state index in [4.69, 9.17) is 23.7 Å². The number of unbranched alkanes of at least 4 members (excludes halogenated alkanes) is 2. The standard InChI is InChI=1S/C44H49N5O12S2/c1-26-14-30(24-50)47(22-26)42(53)32-19-37(58-4)39(20-33(32)46-43(54)61-25-44(10-11-44)63-62-40-9-8-29(21-45-40)49(55)56)60-13-7-5-6-12-59-38-17-28-16-35(51)34-15-27(2)23-48(34)41(52)31(28)18-36(38)57-3/h8-9,17-21,30,34,50H,1-2,5-7,10-16,22-25H2,3-4H3,(H,46,54)/t30-,34-/m0/s1. The number of likely N-dealkylation sites (tertiary alicyclic amines) is 1. The topological polar surface area (TPSA) is 209 Å². The fraction of sp³-hybridized carbons (Fsp3) is 0.432. The second-order valence-electron chi connectivity index (χ2n) is 15.9. The summed E-state index contributed by atoms with van der Waals surface area (Å²) in [5.74, 6) is 0.721. The quantitative estimate of drug-likeness (QED) is 0.0416. The van der Waals surface area contributed by atoms with Gasteiger partial charge in [-0.3, -0.25) is 29.8 Å². The molecule has 1 aromatic heterocycles. The van der Waals surface area contributed by atoms with Crippen LogP contribution in [0.15, 0.2) is 71.9 Å². The lowest BCUT2D eigenvalue weighted by atomic mass is 9.99. The van der Waals surface area contributed by atoms with Crippen molar-refractivity contribution >= 4 is 56.7 Å². The Morgan fingerprint density at radius 2 is 1.67 bits per heavy atom. The van der Waals surface area contributed by atoms with E-state index in [2.05, 4.69) is 23.5 Å². The number of carbonyl (C=O) groups is 4. The average Bonchev–Trinajstić information content (AvgIpc) is 3.81. The largest absolute Gasteiger partial charge is 0.493 e. The normalized spacial score (nSPS) is 18.7. The third-order valence-corrected chi connectivity index (χ3v) is 14.5. The molecule has 1 aliphatic carbocycles. The first-order valence-corrected chi connectivity index (χ1v) is 22.6. The van der Waals surface area contributed by atoms with E-state index in [0.29, 0.717) is 72.9 Å².